The summed E-state index contributed by atoms with van der Waals surface area (Å²) in [5.74, 6) is 0. The quantitative estimate of drug-likeness (QED) is 0.604. The highest BCUT2D eigenvalue weighted by atomic mass is 32.1. The van der Waals surface area contributed by atoms with Crippen LogP contribution >= 0.6 is 12.6 Å². The first kappa shape index (κ1) is 9.02. The molecule has 0 aliphatic carbocycles. The van der Waals surface area contributed by atoms with Crippen LogP contribution in [0, 0.1) is 5.41 Å². The van der Waals surface area contributed by atoms with Crippen LogP contribution in [-0.4, -0.2) is 5.12 Å². The molecule has 0 saturated carbocycles. The molecule has 0 unspecified atom stereocenters. The molecule has 0 heterocycles. The molecule has 0 aromatic heterocycles. The smallest absolute Gasteiger partial charge is 0.191 e. The lowest BCUT2D eigenvalue weighted by Crippen LogP contribution is -2.18. The number of thiol groups is 1. The summed E-state index contributed by atoms with van der Waals surface area (Å²) in [6.07, 6.45) is 1.97. The average Bonchev–Trinajstić information content (AvgIpc) is 1.65. The monoisotopic (exact) mass is 146 g/mol. The number of hydrogen-bond acceptors (Lipinski definition) is 1. The molecule has 1 nitrogen and oxygen atoms in total. The Morgan fingerprint density at radius 1 is 1.56 bits per heavy atom. The summed E-state index contributed by atoms with van der Waals surface area (Å²) in [6, 6.07) is 0. The zero-order valence-corrected chi connectivity index (χ0v) is 7.16. The van der Waals surface area contributed by atoms with Crippen molar-refractivity contribution < 1.29 is 4.79 Å². The Kier molecular flexibility index (Phi) is 3.26. The van der Waals surface area contributed by atoms with E-state index in [0.29, 0.717) is 0 Å². The third kappa shape index (κ3) is 2.89. The molecule has 0 aliphatic heterocycles. The van der Waals surface area contributed by atoms with E-state index in [9.17, 15) is 4.79 Å². The molecule has 0 rings (SSSR count). The van der Waals surface area contributed by atoms with Crippen molar-refractivity contribution in [3.8, 4) is 0 Å². The second-order valence-corrected chi connectivity index (χ2v) is 3.35. The van der Waals surface area contributed by atoms with Gasteiger partial charge in [0.1, 0.15) is 0 Å². The fraction of sp³-hybridized carbons (Fsp3) is 0.857. The number of rotatable bonds is 3. The van der Waals surface area contributed by atoms with Gasteiger partial charge in [-0.1, -0.05) is 27.2 Å². The van der Waals surface area contributed by atoms with Crippen LogP contribution in [0.5, 0.6) is 0 Å². The van der Waals surface area contributed by atoms with E-state index in [0.717, 1.165) is 12.8 Å². The minimum atomic E-state index is -0.224. The maximum atomic E-state index is 10.7. The first-order chi connectivity index (χ1) is 4.00. The van der Waals surface area contributed by atoms with Gasteiger partial charge in [-0.25, -0.2) is 0 Å². The fourth-order valence-corrected chi connectivity index (χ4v) is 0.844. The van der Waals surface area contributed by atoms with Crippen LogP contribution in [0.15, 0.2) is 0 Å². The van der Waals surface area contributed by atoms with Crippen LogP contribution in [0.3, 0.4) is 0 Å². The van der Waals surface area contributed by atoms with Crippen molar-refractivity contribution in [2.75, 3.05) is 0 Å². The molecule has 0 aromatic rings. The first-order valence-electron chi connectivity index (χ1n) is 3.24. The molecular weight excluding hydrogens is 132 g/mol. The number of carbonyl (C=O) groups is 1. The third-order valence-electron chi connectivity index (χ3n) is 1.45. The summed E-state index contributed by atoms with van der Waals surface area (Å²) in [7, 11) is 0. The first-order valence-corrected chi connectivity index (χ1v) is 3.69. The van der Waals surface area contributed by atoms with Gasteiger partial charge in [0.15, 0.2) is 5.12 Å². The Morgan fingerprint density at radius 3 is 2.11 bits per heavy atom. The summed E-state index contributed by atoms with van der Waals surface area (Å²) in [6.45, 7) is 5.91. The molecule has 0 N–H and O–H groups in total. The summed E-state index contributed by atoms with van der Waals surface area (Å²) in [5, 5.41) is -0.00986. The molecule has 0 aliphatic rings. The Labute approximate surface area is 62.2 Å². The van der Waals surface area contributed by atoms with Crippen LogP contribution < -0.4 is 0 Å². The van der Waals surface area contributed by atoms with E-state index < -0.39 is 0 Å². The van der Waals surface area contributed by atoms with Gasteiger partial charge in [-0.2, -0.15) is 0 Å². The van der Waals surface area contributed by atoms with E-state index in [4.69, 9.17) is 0 Å². The second kappa shape index (κ2) is 3.25. The standard InChI is InChI=1S/C7H14OS/c1-4-5-7(2,3)6(8)9/h4-5H2,1-3H3,(H,8,9). The molecule has 0 spiro atoms. The highest BCUT2D eigenvalue weighted by Crippen LogP contribution is 2.24. The van der Waals surface area contributed by atoms with Crippen LogP contribution in [-0.2, 0) is 4.79 Å². The maximum absolute atomic E-state index is 10.7. The molecule has 2 heteroatoms. The lowest BCUT2D eigenvalue weighted by molar-refractivity contribution is -0.118. The van der Waals surface area contributed by atoms with Crippen molar-refractivity contribution in [2.24, 2.45) is 5.41 Å². The van der Waals surface area contributed by atoms with E-state index in [1.165, 1.54) is 0 Å². The van der Waals surface area contributed by atoms with Gasteiger partial charge in [0.2, 0.25) is 0 Å². The molecule has 0 bridgehead atoms. The molecule has 0 fully saturated rings. The lowest BCUT2D eigenvalue weighted by Gasteiger charge is -2.18. The van der Waals surface area contributed by atoms with Gasteiger partial charge < -0.3 is 0 Å². The molecule has 0 aromatic carbocycles. The Hall–Kier alpha value is 0.0200. The topological polar surface area (TPSA) is 17.1 Å². The minimum absolute atomic E-state index is 0.00986. The normalized spacial score (nSPS) is 11.6. The number of carbonyl (C=O) groups excluding carboxylic acids is 1. The largest absolute Gasteiger partial charge is 0.287 e. The van der Waals surface area contributed by atoms with Crippen molar-refractivity contribution in [1.82, 2.24) is 0 Å². The molecule has 0 saturated heterocycles. The van der Waals surface area contributed by atoms with Crippen molar-refractivity contribution in [3.63, 3.8) is 0 Å². The Morgan fingerprint density at radius 2 is 2.00 bits per heavy atom. The van der Waals surface area contributed by atoms with Gasteiger partial charge in [-0.3, -0.25) is 4.79 Å². The van der Waals surface area contributed by atoms with E-state index in [-0.39, 0.29) is 10.5 Å². The summed E-state index contributed by atoms with van der Waals surface area (Å²) in [5.41, 5.74) is -0.224. The van der Waals surface area contributed by atoms with Gasteiger partial charge in [0, 0.05) is 5.41 Å². The highest BCUT2D eigenvalue weighted by Gasteiger charge is 2.22. The van der Waals surface area contributed by atoms with Gasteiger partial charge in [-0.15, -0.1) is 12.6 Å². The summed E-state index contributed by atoms with van der Waals surface area (Å²) < 4.78 is 0. The van der Waals surface area contributed by atoms with Gasteiger partial charge in [0.05, 0.1) is 0 Å². The third-order valence-corrected chi connectivity index (χ3v) is 2.06. The molecule has 0 amide bonds. The summed E-state index contributed by atoms with van der Waals surface area (Å²) >= 11 is 3.77. The van der Waals surface area contributed by atoms with Gasteiger partial charge >= 0.3 is 0 Å². The Balaban J connectivity index is 3.85. The maximum Gasteiger partial charge on any atom is 0.191 e. The van der Waals surface area contributed by atoms with Crippen LogP contribution in [0.4, 0.5) is 0 Å². The van der Waals surface area contributed by atoms with Gasteiger partial charge in [-0.05, 0) is 6.42 Å². The molecule has 9 heavy (non-hydrogen) atoms. The van der Waals surface area contributed by atoms with E-state index in [1.807, 2.05) is 13.8 Å². The zero-order chi connectivity index (χ0) is 7.49. The molecule has 54 valence electrons. The van der Waals surface area contributed by atoms with E-state index >= 15 is 0 Å². The van der Waals surface area contributed by atoms with E-state index in [1.54, 1.807) is 0 Å². The average molecular weight is 146 g/mol. The van der Waals surface area contributed by atoms with Crippen molar-refractivity contribution in [3.05, 3.63) is 0 Å². The number of hydrogen-bond donors (Lipinski definition) is 1. The highest BCUT2D eigenvalue weighted by molar-refractivity contribution is 7.96. The lowest BCUT2D eigenvalue weighted by atomic mass is 9.90. The fourth-order valence-electron chi connectivity index (χ4n) is 0.732. The van der Waals surface area contributed by atoms with Crippen LogP contribution in [0.25, 0.3) is 0 Å². The van der Waals surface area contributed by atoms with Crippen molar-refractivity contribution in [1.29, 1.82) is 0 Å². The van der Waals surface area contributed by atoms with Crippen molar-refractivity contribution in [2.45, 2.75) is 33.6 Å². The van der Waals surface area contributed by atoms with E-state index in [2.05, 4.69) is 19.6 Å². The van der Waals surface area contributed by atoms with Crippen LogP contribution in [0.2, 0.25) is 0 Å². The molecular formula is C7H14OS. The Bertz CT molecular complexity index is 107. The van der Waals surface area contributed by atoms with Crippen molar-refractivity contribution >= 4 is 17.7 Å². The minimum Gasteiger partial charge on any atom is -0.287 e. The second-order valence-electron chi connectivity index (χ2n) is 2.94. The summed E-state index contributed by atoms with van der Waals surface area (Å²) in [4.78, 5) is 10.7. The zero-order valence-electron chi connectivity index (χ0n) is 6.27. The van der Waals surface area contributed by atoms with Gasteiger partial charge in [0.25, 0.3) is 0 Å². The predicted octanol–water partition coefficient (Wildman–Crippen LogP) is 2.27. The predicted molar refractivity (Wildman–Crippen MR) is 42.7 cm³/mol. The molecule has 0 radical (unpaired) electrons. The SMILES string of the molecule is CCCC(C)(C)C(=O)S. The van der Waals surface area contributed by atoms with Crippen LogP contribution in [0.1, 0.15) is 33.6 Å². The molecule has 0 atom stereocenters.